The standard InChI is InChI=1S/C15H21Br/c1-11-8-9-13(10-12(11)2)14-6-4-3-5-7-15(14)16/h8-10,14-15H,3-7H2,1-2H3. The molecule has 1 aromatic carbocycles. The second-order valence-electron chi connectivity index (χ2n) is 5.10. The minimum Gasteiger partial charge on any atom is -0.0884 e. The summed E-state index contributed by atoms with van der Waals surface area (Å²) in [6.45, 7) is 4.41. The van der Waals surface area contributed by atoms with Gasteiger partial charge in [-0.15, -0.1) is 0 Å². The first-order valence-electron chi connectivity index (χ1n) is 6.39. The van der Waals surface area contributed by atoms with E-state index >= 15 is 0 Å². The molecule has 1 fully saturated rings. The first kappa shape index (κ1) is 12.2. The van der Waals surface area contributed by atoms with Crippen LogP contribution >= 0.6 is 15.9 Å². The smallest absolute Gasteiger partial charge is 0.0214 e. The highest BCUT2D eigenvalue weighted by Crippen LogP contribution is 2.36. The van der Waals surface area contributed by atoms with Gasteiger partial charge in [-0.05, 0) is 49.3 Å². The molecule has 2 rings (SSSR count). The Kier molecular flexibility index (Phi) is 4.07. The van der Waals surface area contributed by atoms with Crippen molar-refractivity contribution in [1.29, 1.82) is 0 Å². The molecule has 2 atom stereocenters. The van der Waals surface area contributed by atoms with Crippen LogP contribution in [-0.2, 0) is 0 Å². The van der Waals surface area contributed by atoms with Crippen LogP contribution in [0, 0.1) is 13.8 Å². The van der Waals surface area contributed by atoms with Crippen molar-refractivity contribution in [2.45, 2.75) is 56.7 Å². The van der Waals surface area contributed by atoms with Gasteiger partial charge in [-0.2, -0.15) is 0 Å². The van der Waals surface area contributed by atoms with Gasteiger partial charge in [0.1, 0.15) is 0 Å². The zero-order valence-corrected chi connectivity index (χ0v) is 11.9. The summed E-state index contributed by atoms with van der Waals surface area (Å²) in [6, 6.07) is 6.99. The van der Waals surface area contributed by atoms with E-state index in [9.17, 15) is 0 Å². The maximum Gasteiger partial charge on any atom is 0.0214 e. The van der Waals surface area contributed by atoms with E-state index in [-0.39, 0.29) is 0 Å². The van der Waals surface area contributed by atoms with Crippen LogP contribution in [0.5, 0.6) is 0 Å². The fourth-order valence-corrected chi connectivity index (χ4v) is 3.53. The SMILES string of the molecule is Cc1ccc(C2CCCCCC2Br)cc1C. The molecule has 1 aliphatic carbocycles. The molecule has 88 valence electrons. The normalized spacial score (nSPS) is 26.4. The highest BCUT2D eigenvalue weighted by atomic mass is 79.9. The summed E-state index contributed by atoms with van der Waals surface area (Å²) in [6.07, 6.45) is 6.86. The van der Waals surface area contributed by atoms with Crippen LogP contribution < -0.4 is 0 Å². The average molecular weight is 281 g/mol. The number of hydrogen-bond acceptors (Lipinski definition) is 0. The van der Waals surface area contributed by atoms with Crippen LogP contribution in [-0.4, -0.2) is 4.83 Å². The van der Waals surface area contributed by atoms with Gasteiger partial charge in [0.05, 0.1) is 0 Å². The van der Waals surface area contributed by atoms with Gasteiger partial charge >= 0.3 is 0 Å². The van der Waals surface area contributed by atoms with Crippen LogP contribution in [0.4, 0.5) is 0 Å². The lowest BCUT2D eigenvalue weighted by Crippen LogP contribution is -2.10. The maximum atomic E-state index is 3.88. The van der Waals surface area contributed by atoms with E-state index in [2.05, 4.69) is 48.0 Å². The van der Waals surface area contributed by atoms with E-state index < -0.39 is 0 Å². The number of rotatable bonds is 1. The predicted octanol–water partition coefficient (Wildman–Crippen LogP) is 5.11. The molecule has 1 aliphatic rings. The molecule has 1 aromatic rings. The second-order valence-corrected chi connectivity index (χ2v) is 6.28. The zero-order valence-electron chi connectivity index (χ0n) is 10.3. The average Bonchev–Trinajstić information content (AvgIpc) is 2.47. The molecule has 0 heterocycles. The number of aryl methyl sites for hydroxylation is 2. The van der Waals surface area contributed by atoms with Crippen molar-refractivity contribution < 1.29 is 0 Å². The van der Waals surface area contributed by atoms with Crippen LogP contribution in [0.2, 0.25) is 0 Å². The summed E-state index contributed by atoms with van der Waals surface area (Å²) in [5.41, 5.74) is 4.37. The third-order valence-corrected chi connectivity index (χ3v) is 4.99. The zero-order chi connectivity index (χ0) is 11.5. The fraction of sp³-hybridized carbons (Fsp3) is 0.600. The van der Waals surface area contributed by atoms with Crippen LogP contribution in [0.15, 0.2) is 18.2 Å². The third kappa shape index (κ3) is 2.68. The number of benzene rings is 1. The molecule has 0 aromatic heterocycles. The van der Waals surface area contributed by atoms with Gasteiger partial charge in [0.2, 0.25) is 0 Å². The monoisotopic (exact) mass is 280 g/mol. The largest absolute Gasteiger partial charge is 0.0884 e. The summed E-state index contributed by atoms with van der Waals surface area (Å²) in [7, 11) is 0. The van der Waals surface area contributed by atoms with Gasteiger partial charge < -0.3 is 0 Å². The summed E-state index contributed by atoms with van der Waals surface area (Å²) in [5, 5.41) is 0. The lowest BCUT2D eigenvalue weighted by molar-refractivity contribution is 0.612. The molecule has 0 spiro atoms. The number of alkyl halides is 1. The van der Waals surface area contributed by atoms with Crippen molar-refractivity contribution in [2.24, 2.45) is 0 Å². The van der Waals surface area contributed by atoms with Gasteiger partial charge in [-0.25, -0.2) is 0 Å². The summed E-state index contributed by atoms with van der Waals surface area (Å²) < 4.78 is 0. The van der Waals surface area contributed by atoms with Crippen LogP contribution in [0.3, 0.4) is 0 Å². The van der Waals surface area contributed by atoms with Gasteiger partial charge in [0.15, 0.2) is 0 Å². The van der Waals surface area contributed by atoms with E-state index in [1.165, 1.54) is 48.8 Å². The quantitative estimate of drug-likeness (QED) is 0.495. The Bertz CT molecular complexity index is 356. The van der Waals surface area contributed by atoms with Gasteiger partial charge in [-0.3, -0.25) is 0 Å². The molecule has 0 nitrogen and oxygen atoms in total. The minimum atomic E-state index is 0.678. The van der Waals surface area contributed by atoms with E-state index in [0.717, 1.165) is 5.92 Å². The Balaban J connectivity index is 2.23. The molecule has 1 heteroatoms. The van der Waals surface area contributed by atoms with E-state index in [1.807, 2.05) is 0 Å². The molecule has 0 bridgehead atoms. The maximum absolute atomic E-state index is 3.88. The molecular formula is C15H21Br. The Labute approximate surface area is 108 Å². The van der Waals surface area contributed by atoms with Crippen molar-refractivity contribution in [3.05, 3.63) is 34.9 Å². The van der Waals surface area contributed by atoms with Crippen molar-refractivity contribution in [3.63, 3.8) is 0 Å². The fourth-order valence-electron chi connectivity index (χ4n) is 2.63. The van der Waals surface area contributed by atoms with Crippen molar-refractivity contribution >= 4 is 15.9 Å². The predicted molar refractivity (Wildman–Crippen MR) is 74.5 cm³/mol. The Morgan fingerprint density at radius 3 is 2.50 bits per heavy atom. The van der Waals surface area contributed by atoms with Crippen molar-refractivity contribution in [1.82, 2.24) is 0 Å². The molecule has 0 amide bonds. The molecule has 0 saturated heterocycles. The number of halogens is 1. The molecule has 0 N–H and O–H groups in total. The molecule has 1 saturated carbocycles. The topological polar surface area (TPSA) is 0 Å². The second kappa shape index (κ2) is 5.35. The van der Waals surface area contributed by atoms with E-state index in [0.29, 0.717) is 4.83 Å². The van der Waals surface area contributed by atoms with Crippen molar-refractivity contribution in [2.75, 3.05) is 0 Å². The lowest BCUT2D eigenvalue weighted by atomic mass is 9.90. The Morgan fingerprint density at radius 2 is 1.75 bits per heavy atom. The third-order valence-electron chi connectivity index (χ3n) is 3.89. The molecule has 0 radical (unpaired) electrons. The molecular weight excluding hydrogens is 260 g/mol. The van der Waals surface area contributed by atoms with Gasteiger partial charge in [0.25, 0.3) is 0 Å². The number of hydrogen-bond donors (Lipinski definition) is 0. The van der Waals surface area contributed by atoms with Crippen molar-refractivity contribution in [3.8, 4) is 0 Å². The Morgan fingerprint density at radius 1 is 1.00 bits per heavy atom. The highest BCUT2D eigenvalue weighted by molar-refractivity contribution is 9.09. The molecule has 16 heavy (non-hydrogen) atoms. The molecule has 2 unspecified atom stereocenters. The first-order chi connectivity index (χ1) is 7.68. The summed E-state index contributed by atoms with van der Waals surface area (Å²) in [4.78, 5) is 0.678. The summed E-state index contributed by atoms with van der Waals surface area (Å²) in [5.74, 6) is 0.724. The van der Waals surface area contributed by atoms with Gasteiger partial charge in [-0.1, -0.05) is 53.4 Å². The highest BCUT2D eigenvalue weighted by Gasteiger charge is 2.22. The summed E-state index contributed by atoms with van der Waals surface area (Å²) >= 11 is 3.88. The van der Waals surface area contributed by atoms with E-state index in [4.69, 9.17) is 0 Å². The molecule has 0 aliphatic heterocycles. The van der Waals surface area contributed by atoms with Gasteiger partial charge in [0, 0.05) is 4.83 Å². The van der Waals surface area contributed by atoms with Crippen LogP contribution in [0.1, 0.15) is 54.7 Å². The lowest BCUT2D eigenvalue weighted by Gasteiger charge is -2.21. The minimum absolute atomic E-state index is 0.678. The Hall–Kier alpha value is -0.300. The first-order valence-corrected chi connectivity index (χ1v) is 7.31. The van der Waals surface area contributed by atoms with E-state index in [1.54, 1.807) is 0 Å². The van der Waals surface area contributed by atoms with Crippen LogP contribution in [0.25, 0.3) is 0 Å².